The van der Waals surface area contributed by atoms with Gasteiger partial charge < -0.3 is 0 Å². The minimum atomic E-state index is -0.266. The van der Waals surface area contributed by atoms with Crippen LogP contribution in [0.2, 0.25) is 5.02 Å². The van der Waals surface area contributed by atoms with E-state index in [-0.39, 0.29) is 5.91 Å². The molecule has 3 nitrogen and oxygen atoms in total. The summed E-state index contributed by atoms with van der Waals surface area (Å²) in [6.07, 6.45) is 1.68. The van der Waals surface area contributed by atoms with Crippen LogP contribution in [0.3, 0.4) is 0 Å². The summed E-state index contributed by atoms with van der Waals surface area (Å²) in [6.45, 7) is 3.98. The summed E-state index contributed by atoms with van der Waals surface area (Å²) in [5.41, 5.74) is 2.49. The predicted molar refractivity (Wildman–Crippen MR) is 77.6 cm³/mol. The van der Waals surface area contributed by atoms with E-state index in [1.54, 1.807) is 6.21 Å². The van der Waals surface area contributed by atoms with Crippen LogP contribution in [-0.4, -0.2) is 12.1 Å². The molecule has 2 rings (SSSR count). The largest absolute Gasteiger partial charge is 0.282 e. The number of hydrogen-bond acceptors (Lipinski definition) is 3. The molecule has 94 valence electrons. The molecule has 1 N–H and O–H groups in total. The summed E-state index contributed by atoms with van der Waals surface area (Å²) in [5.74, 6) is 0.0290. The van der Waals surface area contributed by atoms with E-state index in [9.17, 15) is 4.79 Å². The molecule has 0 atom stereocenters. The Labute approximate surface area is 114 Å². The molecule has 0 saturated carbocycles. The maximum Gasteiger partial charge on any atom is 0.282 e. The van der Waals surface area contributed by atoms with E-state index < -0.39 is 0 Å². The summed E-state index contributed by atoms with van der Waals surface area (Å²) in [5, 5.41) is 5.28. The molecule has 0 saturated heterocycles. The minimum Gasteiger partial charge on any atom is -0.266 e. The number of thiophene rings is 1. The van der Waals surface area contributed by atoms with Crippen LogP contribution in [0.4, 0.5) is 0 Å². The number of halogens is 1. The van der Waals surface area contributed by atoms with Crippen molar-refractivity contribution < 1.29 is 4.79 Å². The van der Waals surface area contributed by atoms with Gasteiger partial charge in [0.1, 0.15) is 4.88 Å². The molecule has 1 aromatic heterocycles. The highest BCUT2D eigenvalue weighted by Crippen LogP contribution is 2.34. The Morgan fingerprint density at radius 3 is 2.83 bits per heavy atom. The average Bonchev–Trinajstić information content (AvgIpc) is 2.67. The van der Waals surface area contributed by atoms with E-state index in [0.29, 0.717) is 15.8 Å². The number of nitrogens with zero attached hydrogens (tertiary/aromatic N) is 1. The van der Waals surface area contributed by atoms with Crippen molar-refractivity contribution in [1.29, 1.82) is 0 Å². The van der Waals surface area contributed by atoms with E-state index in [2.05, 4.69) is 10.5 Å². The van der Waals surface area contributed by atoms with E-state index in [1.807, 2.05) is 38.1 Å². The molecule has 0 fully saturated rings. The summed E-state index contributed by atoms with van der Waals surface area (Å²) in [6, 6.07) is 7.68. The molecule has 0 bridgehead atoms. The number of hydrazone groups is 1. The highest BCUT2D eigenvalue weighted by atomic mass is 35.5. The Morgan fingerprint density at radius 1 is 1.44 bits per heavy atom. The van der Waals surface area contributed by atoms with E-state index >= 15 is 0 Å². The molecule has 0 aliphatic rings. The molecule has 0 aliphatic heterocycles. The molecular weight excluding hydrogens is 268 g/mol. The lowest BCUT2D eigenvalue weighted by atomic mass is 10.2. The number of benzene rings is 1. The van der Waals surface area contributed by atoms with Gasteiger partial charge in [-0.2, -0.15) is 5.10 Å². The topological polar surface area (TPSA) is 41.5 Å². The van der Waals surface area contributed by atoms with Gasteiger partial charge in [0.05, 0.1) is 5.02 Å². The van der Waals surface area contributed by atoms with E-state index in [0.717, 1.165) is 10.1 Å². The summed E-state index contributed by atoms with van der Waals surface area (Å²) < 4.78 is 1.00. The van der Waals surface area contributed by atoms with Crippen molar-refractivity contribution in [3.63, 3.8) is 0 Å². The fourth-order valence-electron chi connectivity index (χ4n) is 1.46. The predicted octanol–water partition coefficient (Wildman–Crippen LogP) is 3.93. The molecule has 5 heteroatoms. The monoisotopic (exact) mass is 280 g/mol. The van der Waals surface area contributed by atoms with Crippen LogP contribution in [0.1, 0.15) is 23.5 Å². The van der Waals surface area contributed by atoms with Gasteiger partial charge in [-0.05, 0) is 12.0 Å². The number of carbonyl (C=O) groups excluding carboxylic acids is 1. The van der Waals surface area contributed by atoms with Gasteiger partial charge >= 0.3 is 0 Å². The van der Waals surface area contributed by atoms with Crippen LogP contribution < -0.4 is 5.43 Å². The van der Waals surface area contributed by atoms with Gasteiger partial charge in [0.2, 0.25) is 0 Å². The van der Waals surface area contributed by atoms with Gasteiger partial charge in [-0.15, -0.1) is 11.3 Å². The zero-order chi connectivity index (χ0) is 13.1. The molecular formula is C13H13ClN2OS. The van der Waals surface area contributed by atoms with Gasteiger partial charge in [0, 0.05) is 16.3 Å². The van der Waals surface area contributed by atoms with Crippen LogP contribution in [0.5, 0.6) is 0 Å². The van der Waals surface area contributed by atoms with Crippen molar-refractivity contribution in [3.8, 4) is 0 Å². The van der Waals surface area contributed by atoms with Crippen LogP contribution in [0.25, 0.3) is 10.1 Å². The molecule has 1 amide bonds. The first kappa shape index (κ1) is 13.1. The SMILES string of the molecule is CC(C)/C=N/NC(=O)c1sc2ccccc2c1Cl. The van der Waals surface area contributed by atoms with Crippen molar-refractivity contribution in [2.45, 2.75) is 13.8 Å². The first-order valence-electron chi connectivity index (χ1n) is 5.60. The first-order valence-corrected chi connectivity index (χ1v) is 6.79. The minimum absolute atomic E-state index is 0.266. The van der Waals surface area contributed by atoms with E-state index in [1.165, 1.54) is 11.3 Å². The Bertz CT molecular complexity index is 604. The molecule has 0 radical (unpaired) electrons. The van der Waals surface area contributed by atoms with Crippen molar-refractivity contribution in [1.82, 2.24) is 5.43 Å². The van der Waals surface area contributed by atoms with Crippen LogP contribution in [-0.2, 0) is 0 Å². The number of fused-ring (bicyclic) bond motifs is 1. The Hall–Kier alpha value is -1.39. The van der Waals surface area contributed by atoms with Gasteiger partial charge in [0.25, 0.3) is 5.91 Å². The van der Waals surface area contributed by atoms with E-state index in [4.69, 9.17) is 11.6 Å². The zero-order valence-electron chi connectivity index (χ0n) is 10.1. The lowest BCUT2D eigenvalue weighted by molar-refractivity contribution is 0.0959. The fraction of sp³-hybridized carbons (Fsp3) is 0.231. The number of carbonyl (C=O) groups is 1. The van der Waals surface area contributed by atoms with Crippen LogP contribution >= 0.6 is 22.9 Å². The lowest BCUT2D eigenvalue weighted by Crippen LogP contribution is -2.17. The van der Waals surface area contributed by atoms with Gasteiger partial charge in [-0.1, -0.05) is 43.6 Å². The second kappa shape index (κ2) is 5.50. The number of nitrogens with one attached hydrogen (secondary N) is 1. The van der Waals surface area contributed by atoms with Crippen molar-refractivity contribution in [2.24, 2.45) is 11.0 Å². The smallest absolute Gasteiger partial charge is 0.266 e. The summed E-state index contributed by atoms with van der Waals surface area (Å²) in [7, 11) is 0. The average molecular weight is 281 g/mol. The van der Waals surface area contributed by atoms with Crippen LogP contribution in [0, 0.1) is 5.92 Å². The van der Waals surface area contributed by atoms with Crippen molar-refractivity contribution >= 4 is 45.1 Å². The molecule has 0 spiro atoms. The molecule has 1 heterocycles. The number of amides is 1. The highest BCUT2D eigenvalue weighted by Gasteiger charge is 2.16. The van der Waals surface area contributed by atoms with Gasteiger partial charge in [0.15, 0.2) is 0 Å². The zero-order valence-corrected chi connectivity index (χ0v) is 11.7. The third kappa shape index (κ3) is 2.71. The molecule has 2 aromatic rings. The second-order valence-corrected chi connectivity index (χ2v) is 5.63. The molecule has 1 aromatic carbocycles. The Morgan fingerprint density at radius 2 is 2.17 bits per heavy atom. The third-order valence-electron chi connectivity index (χ3n) is 2.28. The Balaban J connectivity index is 2.25. The molecule has 0 unspecified atom stereocenters. The molecule has 0 aliphatic carbocycles. The van der Waals surface area contributed by atoms with Crippen LogP contribution in [0.15, 0.2) is 29.4 Å². The lowest BCUT2D eigenvalue weighted by Gasteiger charge is -1.98. The van der Waals surface area contributed by atoms with Gasteiger partial charge in [-0.25, -0.2) is 5.43 Å². The standard InChI is InChI=1S/C13H13ClN2OS/c1-8(2)7-15-16-13(17)12-11(14)9-5-3-4-6-10(9)18-12/h3-8H,1-2H3,(H,16,17)/b15-7+. The second-order valence-electron chi connectivity index (χ2n) is 4.20. The summed E-state index contributed by atoms with van der Waals surface area (Å²) in [4.78, 5) is 12.4. The Kier molecular flexibility index (Phi) is 3.99. The number of rotatable bonds is 3. The van der Waals surface area contributed by atoms with Crippen molar-refractivity contribution in [3.05, 3.63) is 34.2 Å². The highest BCUT2D eigenvalue weighted by molar-refractivity contribution is 7.21. The first-order chi connectivity index (χ1) is 8.59. The summed E-state index contributed by atoms with van der Waals surface area (Å²) >= 11 is 7.56. The number of hydrogen-bond donors (Lipinski definition) is 1. The molecule has 18 heavy (non-hydrogen) atoms. The van der Waals surface area contributed by atoms with Crippen molar-refractivity contribution in [2.75, 3.05) is 0 Å². The van der Waals surface area contributed by atoms with Gasteiger partial charge in [-0.3, -0.25) is 4.79 Å². The maximum atomic E-state index is 11.9. The quantitative estimate of drug-likeness (QED) is 0.672. The fourth-order valence-corrected chi connectivity index (χ4v) is 2.86. The third-order valence-corrected chi connectivity index (χ3v) is 3.95. The maximum absolute atomic E-state index is 11.9. The normalized spacial score (nSPS) is 11.6.